The number of carbonyl (C=O) groups excluding carboxylic acids is 1. The fourth-order valence-corrected chi connectivity index (χ4v) is 1.77. The van der Waals surface area contributed by atoms with Gasteiger partial charge in [0, 0.05) is 26.7 Å². The van der Waals surface area contributed by atoms with Gasteiger partial charge in [0.1, 0.15) is 17.0 Å². The highest BCUT2D eigenvalue weighted by Crippen LogP contribution is 2.21. The number of rotatable bonds is 4. The summed E-state index contributed by atoms with van der Waals surface area (Å²) in [6.45, 7) is 1.54. The van der Waals surface area contributed by atoms with Crippen LogP contribution in [-0.2, 0) is 9.47 Å². The lowest BCUT2D eigenvalue weighted by molar-refractivity contribution is -0.0148. The van der Waals surface area contributed by atoms with E-state index in [0.29, 0.717) is 25.3 Å². The summed E-state index contributed by atoms with van der Waals surface area (Å²) in [4.78, 5) is 11.8. The molecule has 1 aromatic heterocycles. The number of methoxy groups -OCH3 is 1. The molecule has 2 rings (SSSR count). The van der Waals surface area contributed by atoms with E-state index in [4.69, 9.17) is 15.2 Å². The number of nitrogen functional groups attached to an aromatic ring is 1. The van der Waals surface area contributed by atoms with Crippen molar-refractivity contribution in [3.63, 3.8) is 0 Å². The Kier molecular flexibility index (Phi) is 3.30. The van der Waals surface area contributed by atoms with Crippen molar-refractivity contribution < 1.29 is 14.3 Å². The van der Waals surface area contributed by atoms with Gasteiger partial charge in [0.2, 0.25) is 0 Å². The molecule has 2 heterocycles. The molecule has 1 saturated heterocycles. The fourth-order valence-electron chi connectivity index (χ4n) is 1.77. The van der Waals surface area contributed by atoms with Gasteiger partial charge < -0.3 is 20.5 Å². The van der Waals surface area contributed by atoms with Crippen molar-refractivity contribution in [3.8, 4) is 0 Å². The number of nitrogens with zero attached hydrogens (tertiary/aromatic N) is 1. The van der Waals surface area contributed by atoms with Crippen molar-refractivity contribution in [3.05, 3.63) is 11.8 Å². The predicted octanol–water partition coefficient (Wildman–Crippen LogP) is -0.473. The molecule has 7 nitrogen and oxygen atoms in total. The van der Waals surface area contributed by atoms with Crippen LogP contribution in [0.2, 0.25) is 0 Å². The van der Waals surface area contributed by atoms with E-state index in [2.05, 4.69) is 15.5 Å². The van der Waals surface area contributed by atoms with Gasteiger partial charge in [0.15, 0.2) is 0 Å². The van der Waals surface area contributed by atoms with E-state index in [0.717, 1.165) is 6.42 Å². The van der Waals surface area contributed by atoms with E-state index in [1.54, 1.807) is 7.11 Å². The van der Waals surface area contributed by atoms with Crippen molar-refractivity contribution in [1.82, 2.24) is 15.5 Å². The molecule has 1 amide bonds. The number of anilines is 1. The van der Waals surface area contributed by atoms with Crippen LogP contribution in [0.5, 0.6) is 0 Å². The Labute approximate surface area is 98.7 Å². The molecule has 1 atom stereocenters. The summed E-state index contributed by atoms with van der Waals surface area (Å²) in [6, 6.07) is 0. The normalized spacial score (nSPS) is 23.8. The topological polar surface area (TPSA) is 102 Å². The monoisotopic (exact) mass is 240 g/mol. The van der Waals surface area contributed by atoms with Crippen molar-refractivity contribution in [1.29, 1.82) is 0 Å². The van der Waals surface area contributed by atoms with Gasteiger partial charge in [0.05, 0.1) is 12.8 Å². The van der Waals surface area contributed by atoms with Crippen molar-refractivity contribution in [2.45, 2.75) is 12.0 Å². The number of nitrogens with two attached hydrogens (primary N) is 1. The zero-order valence-electron chi connectivity index (χ0n) is 9.66. The second-order valence-corrected chi connectivity index (χ2v) is 4.07. The lowest BCUT2D eigenvalue weighted by atomic mass is 10.0. The van der Waals surface area contributed by atoms with Gasteiger partial charge in [-0.05, 0) is 0 Å². The second-order valence-electron chi connectivity index (χ2n) is 4.07. The van der Waals surface area contributed by atoms with Crippen LogP contribution in [0.15, 0.2) is 6.20 Å². The third-order valence-electron chi connectivity index (χ3n) is 2.98. The van der Waals surface area contributed by atoms with Gasteiger partial charge in [-0.2, -0.15) is 5.10 Å². The number of nitrogens with one attached hydrogen (secondary N) is 2. The molecule has 1 aliphatic rings. The highest BCUT2D eigenvalue weighted by molar-refractivity contribution is 5.98. The minimum Gasteiger partial charge on any atom is -0.383 e. The van der Waals surface area contributed by atoms with E-state index in [9.17, 15) is 4.79 Å². The molecule has 94 valence electrons. The number of hydrogen-bond acceptors (Lipinski definition) is 5. The van der Waals surface area contributed by atoms with E-state index < -0.39 is 5.60 Å². The Bertz CT molecular complexity index is 398. The summed E-state index contributed by atoms with van der Waals surface area (Å²) in [6.07, 6.45) is 2.17. The first-order valence-corrected chi connectivity index (χ1v) is 5.37. The summed E-state index contributed by atoms with van der Waals surface area (Å²) in [7, 11) is 1.62. The van der Waals surface area contributed by atoms with Crippen LogP contribution >= 0.6 is 0 Å². The van der Waals surface area contributed by atoms with Gasteiger partial charge in [0.25, 0.3) is 5.91 Å². The molecule has 1 aliphatic heterocycles. The van der Waals surface area contributed by atoms with Crippen LogP contribution in [0.4, 0.5) is 5.82 Å². The van der Waals surface area contributed by atoms with Gasteiger partial charge in [-0.15, -0.1) is 0 Å². The molecular formula is C10H16N4O3. The van der Waals surface area contributed by atoms with E-state index >= 15 is 0 Å². The maximum Gasteiger partial charge on any atom is 0.256 e. The molecule has 17 heavy (non-hydrogen) atoms. The minimum absolute atomic E-state index is 0.261. The van der Waals surface area contributed by atoms with Crippen LogP contribution in [-0.4, -0.2) is 48.6 Å². The fraction of sp³-hybridized carbons (Fsp3) is 0.600. The van der Waals surface area contributed by atoms with Gasteiger partial charge >= 0.3 is 0 Å². The zero-order chi connectivity index (χ0) is 12.3. The number of H-pyrrole nitrogens is 1. The van der Waals surface area contributed by atoms with E-state index in [1.165, 1.54) is 6.20 Å². The average Bonchev–Trinajstić information content (AvgIpc) is 2.95. The molecule has 0 aromatic carbocycles. The van der Waals surface area contributed by atoms with Crippen molar-refractivity contribution >= 4 is 11.7 Å². The first-order chi connectivity index (χ1) is 8.17. The highest BCUT2D eigenvalue weighted by Gasteiger charge is 2.35. The molecular weight excluding hydrogens is 224 g/mol. The summed E-state index contributed by atoms with van der Waals surface area (Å²) >= 11 is 0. The van der Waals surface area contributed by atoms with Gasteiger partial charge in [-0.25, -0.2) is 0 Å². The van der Waals surface area contributed by atoms with E-state index in [-0.39, 0.29) is 11.7 Å². The Hall–Kier alpha value is -1.60. The molecule has 4 N–H and O–H groups in total. The third-order valence-corrected chi connectivity index (χ3v) is 2.98. The van der Waals surface area contributed by atoms with Crippen LogP contribution in [0.1, 0.15) is 16.8 Å². The Morgan fingerprint density at radius 3 is 3.18 bits per heavy atom. The largest absolute Gasteiger partial charge is 0.383 e. The third kappa shape index (κ3) is 2.40. The van der Waals surface area contributed by atoms with Crippen molar-refractivity contribution in [2.24, 2.45) is 0 Å². The molecule has 0 bridgehead atoms. The van der Waals surface area contributed by atoms with Crippen LogP contribution < -0.4 is 11.1 Å². The Morgan fingerprint density at radius 2 is 2.65 bits per heavy atom. The number of ether oxygens (including phenoxy) is 2. The first kappa shape index (κ1) is 11.9. The Morgan fingerprint density at radius 1 is 1.82 bits per heavy atom. The van der Waals surface area contributed by atoms with Crippen LogP contribution in [0.3, 0.4) is 0 Å². The quantitative estimate of drug-likeness (QED) is 0.660. The number of hydrogen-bond donors (Lipinski definition) is 3. The lowest BCUT2D eigenvalue weighted by Gasteiger charge is -2.25. The maximum atomic E-state index is 11.8. The number of aromatic nitrogens is 2. The lowest BCUT2D eigenvalue weighted by Crippen LogP contribution is -2.45. The van der Waals surface area contributed by atoms with Gasteiger partial charge in [-0.3, -0.25) is 9.89 Å². The zero-order valence-corrected chi connectivity index (χ0v) is 9.66. The summed E-state index contributed by atoms with van der Waals surface area (Å²) in [5.41, 5.74) is 5.48. The predicted molar refractivity (Wildman–Crippen MR) is 60.5 cm³/mol. The van der Waals surface area contributed by atoms with Gasteiger partial charge in [-0.1, -0.05) is 0 Å². The second kappa shape index (κ2) is 4.72. The molecule has 0 radical (unpaired) electrons. The standard InChI is InChI=1S/C10H16N4O3/c1-16-10(2-3-17-6-10)5-12-9(15)7-4-13-14-8(7)11/h4H,2-3,5-6H2,1H3,(H,12,15)(H3,11,13,14). The molecule has 1 unspecified atom stereocenters. The smallest absolute Gasteiger partial charge is 0.256 e. The molecule has 0 spiro atoms. The molecule has 0 aliphatic carbocycles. The average molecular weight is 240 g/mol. The van der Waals surface area contributed by atoms with Crippen molar-refractivity contribution in [2.75, 3.05) is 32.6 Å². The number of aromatic amines is 1. The highest BCUT2D eigenvalue weighted by atomic mass is 16.5. The summed E-state index contributed by atoms with van der Waals surface area (Å²) in [5.74, 6) is -0.00351. The molecule has 1 fully saturated rings. The number of carbonyl (C=O) groups is 1. The summed E-state index contributed by atoms with van der Waals surface area (Å²) in [5, 5.41) is 8.98. The number of amides is 1. The molecule has 1 aromatic rings. The molecule has 0 saturated carbocycles. The molecule has 7 heteroatoms. The van der Waals surface area contributed by atoms with Crippen LogP contribution in [0.25, 0.3) is 0 Å². The van der Waals surface area contributed by atoms with Crippen LogP contribution in [0, 0.1) is 0 Å². The van der Waals surface area contributed by atoms with E-state index in [1.807, 2.05) is 0 Å². The SMILES string of the molecule is COC1(CNC(=O)c2cn[nH]c2N)CCOC1. The Balaban J connectivity index is 1.94. The summed E-state index contributed by atoms with van der Waals surface area (Å²) < 4.78 is 10.7. The maximum absolute atomic E-state index is 11.8. The minimum atomic E-state index is -0.422. The first-order valence-electron chi connectivity index (χ1n) is 5.37.